The van der Waals surface area contributed by atoms with Crippen LogP contribution in [0.3, 0.4) is 0 Å². The lowest BCUT2D eigenvalue weighted by molar-refractivity contribution is 0.0987. The fraction of sp³-hybridized carbons (Fsp3) is 0.364. The van der Waals surface area contributed by atoms with Crippen LogP contribution in [-0.2, 0) is 5.88 Å². The molecule has 0 aliphatic heterocycles. The summed E-state index contributed by atoms with van der Waals surface area (Å²) in [5.74, 6) is 0.570. The van der Waals surface area contributed by atoms with E-state index in [-0.39, 0.29) is 5.78 Å². The largest absolute Gasteiger partial charge is 0.294 e. The molecule has 0 N–H and O–H groups in total. The van der Waals surface area contributed by atoms with Gasteiger partial charge in [-0.25, -0.2) is 0 Å². The predicted molar refractivity (Wildman–Crippen MR) is 55.4 cm³/mol. The Morgan fingerprint density at radius 1 is 1.46 bits per heavy atom. The molecule has 0 aliphatic carbocycles. The Hall–Kier alpha value is -0.820. The van der Waals surface area contributed by atoms with Crippen molar-refractivity contribution in [3.8, 4) is 0 Å². The molecule has 0 atom stereocenters. The molecule has 13 heavy (non-hydrogen) atoms. The SMILES string of the molecule is CCC(=O)c1cc(C)ccc1CCl. The lowest BCUT2D eigenvalue weighted by Crippen LogP contribution is -2.01. The zero-order chi connectivity index (χ0) is 9.84. The summed E-state index contributed by atoms with van der Waals surface area (Å²) in [5, 5.41) is 0. The van der Waals surface area contributed by atoms with Gasteiger partial charge in [0, 0.05) is 17.9 Å². The van der Waals surface area contributed by atoms with E-state index in [1.807, 2.05) is 32.0 Å². The molecule has 0 amide bonds. The summed E-state index contributed by atoms with van der Waals surface area (Å²) in [6, 6.07) is 5.80. The molecule has 0 aromatic heterocycles. The van der Waals surface area contributed by atoms with Crippen molar-refractivity contribution in [2.24, 2.45) is 0 Å². The molecule has 0 heterocycles. The predicted octanol–water partition coefficient (Wildman–Crippen LogP) is 3.33. The van der Waals surface area contributed by atoms with Gasteiger partial charge in [-0.3, -0.25) is 4.79 Å². The van der Waals surface area contributed by atoms with Crippen LogP contribution in [0.1, 0.15) is 34.8 Å². The first-order chi connectivity index (χ1) is 6.19. The molecule has 2 heteroatoms. The van der Waals surface area contributed by atoms with E-state index in [9.17, 15) is 4.79 Å². The van der Waals surface area contributed by atoms with Crippen LogP contribution in [-0.4, -0.2) is 5.78 Å². The third kappa shape index (κ3) is 2.31. The minimum Gasteiger partial charge on any atom is -0.294 e. The first-order valence-corrected chi connectivity index (χ1v) is 4.91. The molecule has 1 aromatic carbocycles. The van der Waals surface area contributed by atoms with Gasteiger partial charge in [0.2, 0.25) is 0 Å². The zero-order valence-corrected chi connectivity index (χ0v) is 8.69. The van der Waals surface area contributed by atoms with Crippen molar-refractivity contribution in [1.29, 1.82) is 0 Å². The van der Waals surface area contributed by atoms with Crippen molar-refractivity contribution < 1.29 is 4.79 Å². The molecule has 0 saturated heterocycles. The van der Waals surface area contributed by atoms with E-state index in [0.717, 1.165) is 16.7 Å². The summed E-state index contributed by atoms with van der Waals surface area (Å²) in [7, 11) is 0. The Kier molecular flexibility index (Phi) is 3.49. The van der Waals surface area contributed by atoms with Crippen LogP contribution in [0.25, 0.3) is 0 Å². The van der Waals surface area contributed by atoms with Gasteiger partial charge in [0.15, 0.2) is 5.78 Å². The second-order valence-electron chi connectivity index (χ2n) is 3.07. The first kappa shape index (κ1) is 10.3. The van der Waals surface area contributed by atoms with Gasteiger partial charge < -0.3 is 0 Å². The molecular weight excluding hydrogens is 184 g/mol. The molecule has 0 spiro atoms. The van der Waals surface area contributed by atoms with Crippen LogP contribution in [0.15, 0.2) is 18.2 Å². The van der Waals surface area contributed by atoms with Crippen LogP contribution in [0.4, 0.5) is 0 Å². The van der Waals surface area contributed by atoms with E-state index >= 15 is 0 Å². The Morgan fingerprint density at radius 2 is 2.15 bits per heavy atom. The topological polar surface area (TPSA) is 17.1 Å². The highest BCUT2D eigenvalue weighted by molar-refractivity contribution is 6.17. The molecule has 0 saturated carbocycles. The highest BCUT2D eigenvalue weighted by Gasteiger charge is 2.08. The van der Waals surface area contributed by atoms with Gasteiger partial charge in [0.25, 0.3) is 0 Å². The van der Waals surface area contributed by atoms with Crippen LogP contribution in [0, 0.1) is 6.92 Å². The maximum Gasteiger partial charge on any atom is 0.162 e. The number of aryl methyl sites for hydroxylation is 1. The Morgan fingerprint density at radius 3 is 2.69 bits per heavy atom. The number of benzene rings is 1. The number of ketones is 1. The maximum atomic E-state index is 11.5. The van der Waals surface area contributed by atoms with Gasteiger partial charge in [-0.2, -0.15) is 0 Å². The van der Waals surface area contributed by atoms with Gasteiger partial charge in [0.05, 0.1) is 0 Å². The fourth-order valence-electron chi connectivity index (χ4n) is 1.26. The quantitative estimate of drug-likeness (QED) is 0.536. The van der Waals surface area contributed by atoms with Crippen molar-refractivity contribution in [3.63, 3.8) is 0 Å². The molecule has 0 bridgehead atoms. The molecule has 70 valence electrons. The van der Waals surface area contributed by atoms with Gasteiger partial charge in [-0.15, -0.1) is 11.6 Å². The average molecular weight is 197 g/mol. The Bertz CT molecular complexity index is 318. The number of Topliss-reactive ketones (excluding diaryl/α,β-unsaturated/α-hetero) is 1. The summed E-state index contributed by atoms with van der Waals surface area (Å²) >= 11 is 5.73. The number of alkyl halides is 1. The molecule has 1 aromatic rings. The van der Waals surface area contributed by atoms with Crippen LogP contribution >= 0.6 is 11.6 Å². The highest BCUT2D eigenvalue weighted by Crippen LogP contribution is 2.15. The van der Waals surface area contributed by atoms with Gasteiger partial charge >= 0.3 is 0 Å². The third-order valence-corrected chi connectivity index (χ3v) is 2.32. The van der Waals surface area contributed by atoms with E-state index in [2.05, 4.69) is 0 Å². The molecule has 0 aliphatic rings. The van der Waals surface area contributed by atoms with Crippen molar-refractivity contribution in [1.82, 2.24) is 0 Å². The van der Waals surface area contributed by atoms with Crippen LogP contribution in [0.5, 0.6) is 0 Å². The average Bonchev–Trinajstić information content (AvgIpc) is 2.16. The van der Waals surface area contributed by atoms with E-state index < -0.39 is 0 Å². The van der Waals surface area contributed by atoms with Crippen molar-refractivity contribution in [2.75, 3.05) is 0 Å². The number of rotatable bonds is 3. The standard InChI is InChI=1S/C11H13ClO/c1-3-11(13)10-6-8(2)4-5-9(10)7-12/h4-6H,3,7H2,1-2H3. The molecule has 0 unspecified atom stereocenters. The number of carbonyl (C=O) groups is 1. The minimum absolute atomic E-state index is 0.166. The van der Waals surface area contributed by atoms with Crippen molar-refractivity contribution >= 4 is 17.4 Å². The van der Waals surface area contributed by atoms with Gasteiger partial charge in [-0.05, 0) is 18.6 Å². The monoisotopic (exact) mass is 196 g/mol. The first-order valence-electron chi connectivity index (χ1n) is 4.37. The van der Waals surface area contributed by atoms with Crippen molar-refractivity contribution in [3.05, 3.63) is 34.9 Å². The second-order valence-corrected chi connectivity index (χ2v) is 3.34. The van der Waals surface area contributed by atoms with Gasteiger partial charge in [0.1, 0.15) is 0 Å². The molecule has 0 fully saturated rings. The smallest absolute Gasteiger partial charge is 0.162 e. The van der Waals surface area contributed by atoms with E-state index in [1.54, 1.807) is 0 Å². The second kappa shape index (κ2) is 4.43. The number of hydrogen-bond donors (Lipinski definition) is 0. The van der Waals surface area contributed by atoms with Crippen LogP contribution in [0.2, 0.25) is 0 Å². The van der Waals surface area contributed by atoms with Gasteiger partial charge in [-0.1, -0.05) is 24.6 Å². The summed E-state index contributed by atoms with van der Waals surface area (Å²) in [6.07, 6.45) is 0.535. The normalized spacial score (nSPS) is 10.1. The third-order valence-electron chi connectivity index (χ3n) is 2.03. The summed E-state index contributed by atoms with van der Waals surface area (Å²) in [6.45, 7) is 3.84. The Labute approximate surface area is 83.7 Å². The van der Waals surface area contributed by atoms with E-state index in [0.29, 0.717) is 12.3 Å². The minimum atomic E-state index is 0.166. The number of halogens is 1. The Balaban J connectivity index is 3.15. The number of hydrogen-bond acceptors (Lipinski definition) is 1. The van der Waals surface area contributed by atoms with E-state index in [4.69, 9.17) is 11.6 Å². The lowest BCUT2D eigenvalue weighted by Gasteiger charge is -2.05. The van der Waals surface area contributed by atoms with E-state index in [1.165, 1.54) is 0 Å². The molecule has 1 nitrogen and oxygen atoms in total. The zero-order valence-electron chi connectivity index (χ0n) is 7.93. The summed E-state index contributed by atoms with van der Waals surface area (Å²) in [5.41, 5.74) is 2.81. The highest BCUT2D eigenvalue weighted by atomic mass is 35.5. The lowest BCUT2D eigenvalue weighted by atomic mass is 10.0. The van der Waals surface area contributed by atoms with Crippen molar-refractivity contribution in [2.45, 2.75) is 26.1 Å². The molecule has 0 radical (unpaired) electrons. The van der Waals surface area contributed by atoms with Crippen LogP contribution < -0.4 is 0 Å². The fourth-order valence-corrected chi connectivity index (χ4v) is 1.49. The number of carbonyl (C=O) groups excluding carboxylic acids is 1. The summed E-state index contributed by atoms with van der Waals surface area (Å²) in [4.78, 5) is 11.5. The summed E-state index contributed by atoms with van der Waals surface area (Å²) < 4.78 is 0. The maximum absolute atomic E-state index is 11.5. The molecular formula is C11H13ClO. The molecule has 1 rings (SSSR count).